The van der Waals surface area contributed by atoms with Crippen molar-refractivity contribution in [2.75, 3.05) is 0 Å². The average Bonchev–Trinajstić information content (AvgIpc) is 2.76. The molecule has 6 heteroatoms. The van der Waals surface area contributed by atoms with Crippen molar-refractivity contribution >= 4 is 10.1 Å². The molecule has 0 saturated carbocycles. The van der Waals surface area contributed by atoms with Gasteiger partial charge in [-0.2, -0.15) is 0 Å². The molecular formula is C27H47NaO4S. The maximum absolute atomic E-state index is 11.7. The van der Waals surface area contributed by atoms with Gasteiger partial charge in [-0.25, -0.2) is 8.42 Å². The quantitative estimate of drug-likeness (QED) is 0.148. The van der Waals surface area contributed by atoms with E-state index in [1.54, 1.807) is 6.92 Å². The molecule has 0 aliphatic heterocycles. The van der Waals surface area contributed by atoms with Gasteiger partial charge in [0, 0.05) is 0 Å². The first-order valence-electron chi connectivity index (χ1n) is 13.2. The minimum Gasteiger partial charge on any atom is -0.745 e. The fraction of sp³-hybridized carbons (Fsp3) is 0.778. The van der Waals surface area contributed by atoms with Gasteiger partial charge in [-0.1, -0.05) is 116 Å². The van der Waals surface area contributed by atoms with Crippen molar-refractivity contribution in [3.63, 3.8) is 0 Å². The molecule has 4 nitrogen and oxygen atoms in total. The molecule has 0 bridgehead atoms. The van der Waals surface area contributed by atoms with E-state index in [4.69, 9.17) is 4.74 Å². The maximum Gasteiger partial charge on any atom is 1.00 e. The van der Waals surface area contributed by atoms with Crippen LogP contribution in [-0.2, 0) is 23.0 Å². The molecule has 0 aromatic heterocycles. The molecule has 33 heavy (non-hydrogen) atoms. The van der Waals surface area contributed by atoms with Crippen LogP contribution in [-0.4, -0.2) is 18.4 Å². The molecule has 1 rings (SSSR count). The molecule has 0 heterocycles. The molecule has 0 amide bonds. The van der Waals surface area contributed by atoms with Crippen molar-refractivity contribution in [1.29, 1.82) is 0 Å². The van der Waals surface area contributed by atoms with Crippen LogP contribution in [0, 0.1) is 0 Å². The van der Waals surface area contributed by atoms with E-state index in [0.717, 1.165) is 36.8 Å². The predicted octanol–water partition coefficient (Wildman–Crippen LogP) is 4.94. The van der Waals surface area contributed by atoms with E-state index < -0.39 is 15.6 Å². The van der Waals surface area contributed by atoms with Gasteiger partial charge in [0.1, 0.15) is 15.9 Å². The molecule has 0 fully saturated rings. The van der Waals surface area contributed by atoms with Crippen LogP contribution in [0.4, 0.5) is 0 Å². The van der Waals surface area contributed by atoms with E-state index in [1.807, 2.05) is 18.2 Å². The third-order valence-electron chi connectivity index (χ3n) is 6.18. The molecule has 1 unspecified atom stereocenters. The van der Waals surface area contributed by atoms with Crippen LogP contribution in [0.5, 0.6) is 5.75 Å². The van der Waals surface area contributed by atoms with Crippen molar-refractivity contribution in [1.82, 2.24) is 0 Å². The number of para-hydroxylation sites is 1. The first-order chi connectivity index (χ1) is 15.4. The smallest absolute Gasteiger partial charge is 0.745 e. The second kappa shape index (κ2) is 20.2. The van der Waals surface area contributed by atoms with E-state index in [1.165, 1.54) is 77.0 Å². The predicted molar refractivity (Wildman–Crippen MR) is 134 cm³/mol. The normalized spacial score (nSPS) is 12.4. The summed E-state index contributed by atoms with van der Waals surface area (Å²) in [5, 5.41) is 0. The van der Waals surface area contributed by atoms with Gasteiger partial charge in [0.15, 0.2) is 5.44 Å². The topological polar surface area (TPSA) is 66.4 Å². The second-order valence-corrected chi connectivity index (χ2v) is 10.6. The molecule has 1 aromatic rings. The van der Waals surface area contributed by atoms with Gasteiger partial charge < -0.3 is 9.29 Å². The largest absolute Gasteiger partial charge is 1.00 e. The van der Waals surface area contributed by atoms with E-state index in [-0.39, 0.29) is 36.0 Å². The van der Waals surface area contributed by atoms with Gasteiger partial charge in [0.25, 0.3) is 0 Å². The summed E-state index contributed by atoms with van der Waals surface area (Å²) >= 11 is 0. The van der Waals surface area contributed by atoms with E-state index in [2.05, 4.69) is 13.8 Å². The minimum atomic E-state index is -4.49. The van der Waals surface area contributed by atoms with Gasteiger partial charge in [-0.15, -0.1) is 0 Å². The van der Waals surface area contributed by atoms with Crippen LogP contribution in [0.15, 0.2) is 18.2 Å². The van der Waals surface area contributed by atoms with Crippen LogP contribution in [0.2, 0.25) is 0 Å². The van der Waals surface area contributed by atoms with Gasteiger partial charge in [-0.3, -0.25) is 0 Å². The number of aryl methyl sites for hydroxylation is 2. The Labute approximate surface area is 226 Å². The standard InChI is InChI=1S/C27H48O4S.Na/c1-4-7-9-11-13-15-17-20-24-22-19-23-25(21-18-16-14-12-10-8-5-2)27(24)31-26(6-3)32(28,29)30;/h19,22-23,26H,4-18,20-21H2,1-3H3,(H,28,29,30);/q;+1/p-1. The number of hydrogen-bond acceptors (Lipinski definition) is 4. The zero-order chi connectivity index (χ0) is 23.7. The fourth-order valence-electron chi connectivity index (χ4n) is 4.21. The van der Waals surface area contributed by atoms with Crippen LogP contribution in [0.1, 0.15) is 128 Å². The van der Waals surface area contributed by atoms with E-state index in [9.17, 15) is 13.0 Å². The Morgan fingerprint density at radius 3 is 1.48 bits per heavy atom. The van der Waals surface area contributed by atoms with E-state index in [0.29, 0.717) is 5.75 Å². The Morgan fingerprint density at radius 1 is 0.727 bits per heavy atom. The summed E-state index contributed by atoms with van der Waals surface area (Å²) in [6.07, 6.45) is 19.1. The van der Waals surface area contributed by atoms with Gasteiger partial charge in [0.2, 0.25) is 0 Å². The van der Waals surface area contributed by atoms with Crippen molar-refractivity contribution in [2.24, 2.45) is 0 Å². The van der Waals surface area contributed by atoms with Crippen molar-refractivity contribution in [3.05, 3.63) is 29.3 Å². The fourth-order valence-corrected chi connectivity index (χ4v) is 4.83. The molecule has 1 atom stereocenters. The molecular weight excluding hydrogens is 443 g/mol. The summed E-state index contributed by atoms with van der Waals surface area (Å²) in [7, 11) is -4.49. The van der Waals surface area contributed by atoms with Crippen LogP contribution in [0.25, 0.3) is 0 Å². The Bertz CT molecular complexity index is 670. The Balaban J connectivity index is 0.0000102. The summed E-state index contributed by atoms with van der Waals surface area (Å²) in [5.41, 5.74) is 0.771. The molecule has 186 valence electrons. The first kappa shape index (κ1) is 32.9. The molecule has 0 aliphatic carbocycles. The molecule has 0 spiro atoms. The summed E-state index contributed by atoms with van der Waals surface area (Å²) < 4.78 is 40.9. The summed E-state index contributed by atoms with van der Waals surface area (Å²) in [6.45, 7) is 6.15. The maximum atomic E-state index is 11.7. The monoisotopic (exact) mass is 490 g/mol. The number of ether oxygens (including phenoxy) is 1. The molecule has 0 radical (unpaired) electrons. The van der Waals surface area contributed by atoms with Crippen LogP contribution >= 0.6 is 0 Å². The summed E-state index contributed by atoms with van der Waals surface area (Å²) in [5.74, 6) is 0.649. The Hall–Kier alpha value is -0.0700. The molecule has 0 N–H and O–H groups in total. The number of hydrogen-bond donors (Lipinski definition) is 0. The van der Waals surface area contributed by atoms with Crippen molar-refractivity contribution < 1.29 is 47.3 Å². The van der Waals surface area contributed by atoms with Crippen molar-refractivity contribution in [3.8, 4) is 5.75 Å². The average molecular weight is 491 g/mol. The Morgan fingerprint density at radius 2 is 1.12 bits per heavy atom. The zero-order valence-electron chi connectivity index (χ0n) is 21.9. The molecule has 0 saturated heterocycles. The molecule has 1 aromatic carbocycles. The third-order valence-corrected chi connectivity index (χ3v) is 7.26. The summed E-state index contributed by atoms with van der Waals surface area (Å²) in [6, 6.07) is 6.11. The van der Waals surface area contributed by atoms with Crippen LogP contribution < -0.4 is 34.3 Å². The molecule has 0 aliphatic rings. The van der Waals surface area contributed by atoms with Gasteiger partial charge in [-0.05, 0) is 43.2 Å². The summed E-state index contributed by atoms with van der Waals surface area (Å²) in [4.78, 5) is 0. The van der Waals surface area contributed by atoms with Gasteiger partial charge >= 0.3 is 29.6 Å². The van der Waals surface area contributed by atoms with Crippen LogP contribution in [0.3, 0.4) is 0 Å². The Kier molecular flexibility index (Phi) is 20.1. The number of rotatable bonds is 20. The third kappa shape index (κ3) is 14.8. The SMILES string of the molecule is CCCCCCCCCc1cccc(CCCCCCCCC)c1OC(CC)S(=O)(=O)[O-].[Na+]. The van der Waals surface area contributed by atoms with Crippen molar-refractivity contribution in [2.45, 2.75) is 135 Å². The first-order valence-corrected chi connectivity index (χ1v) is 14.6. The number of unbranched alkanes of at least 4 members (excludes halogenated alkanes) is 12. The number of benzene rings is 1. The van der Waals surface area contributed by atoms with Gasteiger partial charge in [0.05, 0.1) is 0 Å². The minimum absolute atomic E-state index is 0. The zero-order valence-corrected chi connectivity index (χ0v) is 24.7. The van der Waals surface area contributed by atoms with E-state index >= 15 is 0 Å². The second-order valence-electron chi connectivity index (χ2n) is 9.10.